The van der Waals surface area contributed by atoms with Crippen molar-refractivity contribution in [2.24, 2.45) is 0 Å². The molecule has 0 radical (unpaired) electrons. The van der Waals surface area contributed by atoms with Gasteiger partial charge in [0.25, 0.3) is 0 Å². The third kappa shape index (κ3) is 6.50. The van der Waals surface area contributed by atoms with Gasteiger partial charge in [-0.1, -0.05) is 195 Å². The molecule has 0 N–H and O–H groups in total. The Hall–Kier alpha value is -7.23. The second kappa shape index (κ2) is 14.9. The number of hydrogen-bond donors (Lipinski definition) is 0. The smallest absolute Gasteiger partial charge is 0.164 e. The van der Waals surface area contributed by atoms with Gasteiger partial charge >= 0.3 is 0 Å². The summed E-state index contributed by atoms with van der Waals surface area (Å²) in [5, 5.41) is 0. The third-order valence-corrected chi connectivity index (χ3v) is 10.6. The van der Waals surface area contributed by atoms with Crippen molar-refractivity contribution in [3.8, 4) is 89.8 Å². The maximum absolute atomic E-state index is 5.01. The molecule has 266 valence electrons. The van der Waals surface area contributed by atoms with E-state index in [1.807, 2.05) is 60.7 Å². The van der Waals surface area contributed by atoms with Crippen LogP contribution in [0.1, 0.15) is 18.6 Å². The Labute approximate surface area is 328 Å². The highest BCUT2D eigenvalue weighted by Crippen LogP contribution is 2.46. The Morgan fingerprint density at radius 2 is 0.571 bits per heavy atom. The van der Waals surface area contributed by atoms with E-state index in [-0.39, 0.29) is 7.43 Å². The van der Waals surface area contributed by atoms with Crippen LogP contribution in [0.2, 0.25) is 0 Å². The lowest BCUT2D eigenvalue weighted by molar-refractivity contribution is 1.07. The van der Waals surface area contributed by atoms with Crippen molar-refractivity contribution in [2.75, 3.05) is 0 Å². The Bertz CT molecular complexity index is 2750. The van der Waals surface area contributed by atoms with Crippen molar-refractivity contribution in [1.82, 2.24) is 15.0 Å². The quantitative estimate of drug-likeness (QED) is 0.165. The van der Waals surface area contributed by atoms with E-state index < -0.39 is 0 Å². The van der Waals surface area contributed by atoms with Gasteiger partial charge in [-0.2, -0.15) is 0 Å². The summed E-state index contributed by atoms with van der Waals surface area (Å²) in [5.41, 5.74) is 18.0. The molecule has 0 unspecified atom stereocenters. The average molecular weight is 718 g/mol. The van der Waals surface area contributed by atoms with Gasteiger partial charge in [-0.25, -0.2) is 15.0 Å². The first-order valence-corrected chi connectivity index (χ1v) is 18.7. The van der Waals surface area contributed by atoms with Gasteiger partial charge in [-0.15, -0.1) is 0 Å². The van der Waals surface area contributed by atoms with Crippen LogP contribution in [0, 0.1) is 0 Å². The molecular formula is C53H39N3. The molecule has 56 heavy (non-hydrogen) atoms. The third-order valence-electron chi connectivity index (χ3n) is 10.6. The van der Waals surface area contributed by atoms with Crippen LogP contribution in [-0.4, -0.2) is 15.0 Å². The molecule has 3 heteroatoms. The number of fused-ring (bicyclic) bond motifs is 3. The minimum atomic E-state index is 0. The largest absolute Gasteiger partial charge is 0.208 e. The number of benzene rings is 8. The predicted octanol–water partition coefficient (Wildman–Crippen LogP) is 13.7. The monoisotopic (exact) mass is 717 g/mol. The van der Waals surface area contributed by atoms with Gasteiger partial charge in [-0.05, 0) is 85.3 Å². The van der Waals surface area contributed by atoms with Gasteiger partial charge in [0, 0.05) is 16.7 Å². The van der Waals surface area contributed by atoms with Crippen molar-refractivity contribution in [3.63, 3.8) is 0 Å². The van der Waals surface area contributed by atoms with Crippen LogP contribution in [0.25, 0.3) is 89.8 Å². The highest BCUT2D eigenvalue weighted by atomic mass is 15.0. The zero-order valence-electron chi connectivity index (χ0n) is 30.1. The molecule has 1 aliphatic carbocycles. The predicted molar refractivity (Wildman–Crippen MR) is 233 cm³/mol. The molecule has 3 nitrogen and oxygen atoms in total. The average Bonchev–Trinajstić information content (AvgIpc) is 3.67. The maximum Gasteiger partial charge on any atom is 0.164 e. The van der Waals surface area contributed by atoms with Crippen molar-refractivity contribution in [3.05, 3.63) is 211 Å². The summed E-state index contributed by atoms with van der Waals surface area (Å²) >= 11 is 0. The van der Waals surface area contributed by atoms with Crippen molar-refractivity contribution >= 4 is 0 Å². The fourth-order valence-electron chi connectivity index (χ4n) is 7.89. The first kappa shape index (κ1) is 34.5. The number of hydrogen-bond acceptors (Lipinski definition) is 3. The van der Waals surface area contributed by atoms with E-state index in [4.69, 9.17) is 15.0 Å². The summed E-state index contributed by atoms with van der Waals surface area (Å²) in [6.45, 7) is 0. The zero-order chi connectivity index (χ0) is 36.6. The van der Waals surface area contributed by atoms with E-state index in [2.05, 4.69) is 140 Å². The SMILES string of the molecule is C.c1ccc(-c2ccc(-c3cccc(-c4cccc5c4Cc4c(-c6cccc(-c7nc(-c8ccccc8)nc(-c8ccccc8)n7)c6)cccc4-5)c3)cc2)cc1. The van der Waals surface area contributed by atoms with Crippen LogP contribution in [0.5, 0.6) is 0 Å². The summed E-state index contributed by atoms with van der Waals surface area (Å²) in [7, 11) is 0. The van der Waals surface area contributed by atoms with Gasteiger partial charge in [-0.3, -0.25) is 0 Å². The summed E-state index contributed by atoms with van der Waals surface area (Å²) in [6, 6.07) is 70.8. The van der Waals surface area contributed by atoms with Crippen LogP contribution in [-0.2, 0) is 6.42 Å². The molecule has 1 aromatic heterocycles. The van der Waals surface area contributed by atoms with Crippen molar-refractivity contribution < 1.29 is 0 Å². The summed E-state index contributed by atoms with van der Waals surface area (Å²) in [4.78, 5) is 14.9. The Morgan fingerprint density at radius 3 is 1.07 bits per heavy atom. The van der Waals surface area contributed by atoms with Crippen molar-refractivity contribution in [1.29, 1.82) is 0 Å². The lowest BCUT2D eigenvalue weighted by Gasteiger charge is -2.12. The molecule has 0 saturated heterocycles. The molecule has 8 aromatic carbocycles. The first-order chi connectivity index (χ1) is 27.2. The van der Waals surface area contributed by atoms with E-state index in [0.717, 1.165) is 28.7 Å². The number of aromatic nitrogens is 3. The lowest BCUT2D eigenvalue weighted by atomic mass is 9.93. The molecule has 9 aromatic rings. The molecular weight excluding hydrogens is 679 g/mol. The van der Waals surface area contributed by atoms with Crippen LogP contribution >= 0.6 is 0 Å². The highest BCUT2D eigenvalue weighted by Gasteiger charge is 2.25. The van der Waals surface area contributed by atoms with E-state index >= 15 is 0 Å². The van der Waals surface area contributed by atoms with Gasteiger partial charge in [0.05, 0.1) is 0 Å². The molecule has 1 heterocycles. The standard InChI is InChI=1S/C52H35N3.CH4/c1-4-14-35(15-5-1)36-28-30-37(31-29-36)40-20-10-21-41(32-40)44-24-12-26-46-47-27-13-25-45(49(47)34-48(44)46)42-22-11-23-43(33-42)52-54-50(38-16-6-2-7-17-38)53-51(55-52)39-18-8-3-9-19-39;/h1-33H,34H2;1H4. The minimum Gasteiger partial charge on any atom is -0.208 e. The summed E-state index contributed by atoms with van der Waals surface area (Å²) in [6.07, 6.45) is 0.860. The molecule has 0 spiro atoms. The van der Waals surface area contributed by atoms with Crippen LogP contribution in [0.15, 0.2) is 200 Å². The maximum atomic E-state index is 5.01. The zero-order valence-corrected chi connectivity index (χ0v) is 30.1. The summed E-state index contributed by atoms with van der Waals surface area (Å²) in [5.74, 6) is 1.97. The van der Waals surface area contributed by atoms with Crippen LogP contribution < -0.4 is 0 Å². The fourth-order valence-corrected chi connectivity index (χ4v) is 7.89. The van der Waals surface area contributed by atoms with Gasteiger partial charge in [0.15, 0.2) is 17.5 Å². The molecule has 0 amide bonds. The van der Waals surface area contributed by atoms with Gasteiger partial charge in [0.1, 0.15) is 0 Å². The lowest BCUT2D eigenvalue weighted by Crippen LogP contribution is -2.00. The molecule has 0 saturated carbocycles. The Kier molecular flexibility index (Phi) is 9.18. The minimum absolute atomic E-state index is 0. The molecule has 0 aliphatic heterocycles. The normalized spacial score (nSPS) is 11.4. The molecule has 1 aliphatic rings. The number of rotatable bonds is 7. The summed E-state index contributed by atoms with van der Waals surface area (Å²) < 4.78 is 0. The van der Waals surface area contributed by atoms with E-state index in [9.17, 15) is 0 Å². The van der Waals surface area contributed by atoms with Crippen LogP contribution in [0.3, 0.4) is 0 Å². The molecule has 10 rings (SSSR count). The van der Waals surface area contributed by atoms with Crippen molar-refractivity contribution in [2.45, 2.75) is 13.8 Å². The topological polar surface area (TPSA) is 38.7 Å². The van der Waals surface area contributed by atoms with E-state index in [1.54, 1.807) is 0 Å². The Morgan fingerprint density at radius 1 is 0.250 bits per heavy atom. The van der Waals surface area contributed by atoms with E-state index in [0.29, 0.717) is 17.5 Å². The molecule has 0 bridgehead atoms. The fraction of sp³-hybridized carbons (Fsp3) is 0.0377. The first-order valence-electron chi connectivity index (χ1n) is 18.7. The Balaban J connectivity index is 0.00000410. The van der Waals surface area contributed by atoms with Gasteiger partial charge < -0.3 is 0 Å². The molecule has 0 fully saturated rings. The van der Waals surface area contributed by atoms with Crippen LogP contribution in [0.4, 0.5) is 0 Å². The van der Waals surface area contributed by atoms with E-state index in [1.165, 1.54) is 61.2 Å². The van der Waals surface area contributed by atoms with Gasteiger partial charge in [0.2, 0.25) is 0 Å². The highest BCUT2D eigenvalue weighted by molar-refractivity contribution is 5.90. The second-order valence-electron chi connectivity index (χ2n) is 14.0. The second-order valence-corrected chi connectivity index (χ2v) is 14.0. The number of nitrogens with zero attached hydrogens (tertiary/aromatic N) is 3. The molecule has 0 atom stereocenters.